The molecule has 15 heavy (non-hydrogen) atoms. The van der Waals surface area contributed by atoms with Crippen molar-refractivity contribution in [2.45, 2.75) is 25.8 Å². The minimum atomic E-state index is -3.19. The Hall–Kier alpha value is -0.660. The van der Waals surface area contributed by atoms with E-state index in [2.05, 4.69) is 10.0 Å². The lowest BCUT2D eigenvalue weighted by atomic mass is 10.2. The zero-order valence-corrected chi connectivity index (χ0v) is 9.93. The number of amides is 1. The third-order valence-electron chi connectivity index (χ3n) is 1.72. The SMILES string of the molecule is CCCC(N)C(=O)NCCNS(C)(=O)=O. The molecule has 7 heteroatoms. The van der Waals surface area contributed by atoms with E-state index in [1.165, 1.54) is 0 Å². The van der Waals surface area contributed by atoms with Gasteiger partial charge >= 0.3 is 0 Å². The van der Waals surface area contributed by atoms with Crippen molar-refractivity contribution in [1.29, 1.82) is 0 Å². The maximum Gasteiger partial charge on any atom is 0.236 e. The lowest BCUT2D eigenvalue weighted by Crippen LogP contribution is -2.43. The quantitative estimate of drug-likeness (QED) is 0.483. The summed E-state index contributed by atoms with van der Waals surface area (Å²) < 4.78 is 23.6. The number of hydrogen-bond acceptors (Lipinski definition) is 4. The molecule has 0 aliphatic rings. The molecule has 0 radical (unpaired) electrons. The molecule has 6 nitrogen and oxygen atoms in total. The average Bonchev–Trinajstić information content (AvgIpc) is 2.11. The van der Waals surface area contributed by atoms with E-state index in [1.54, 1.807) is 0 Å². The van der Waals surface area contributed by atoms with Crippen molar-refractivity contribution in [2.75, 3.05) is 19.3 Å². The smallest absolute Gasteiger partial charge is 0.236 e. The van der Waals surface area contributed by atoms with E-state index >= 15 is 0 Å². The monoisotopic (exact) mass is 237 g/mol. The molecule has 4 N–H and O–H groups in total. The Labute approximate surface area is 90.7 Å². The van der Waals surface area contributed by atoms with Gasteiger partial charge in [-0.25, -0.2) is 13.1 Å². The van der Waals surface area contributed by atoms with Gasteiger partial charge in [0.1, 0.15) is 0 Å². The van der Waals surface area contributed by atoms with Gasteiger partial charge in [-0.3, -0.25) is 4.79 Å². The fourth-order valence-electron chi connectivity index (χ4n) is 0.995. The average molecular weight is 237 g/mol. The molecule has 0 rings (SSSR count). The highest BCUT2D eigenvalue weighted by Crippen LogP contribution is 1.92. The number of carbonyl (C=O) groups excluding carboxylic acids is 1. The van der Waals surface area contributed by atoms with Crippen LogP contribution >= 0.6 is 0 Å². The van der Waals surface area contributed by atoms with Crippen LogP contribution in [0.15, 0.2) is 0 Å². The Bertz CT molecular complexity index is 290. The second kappa shape index (κ2) is 6.76. The maximum absolute atomic E-state index is 11.2. The molecule has 90 valence electrons. The van der Waals surface area contributed by atoms with E-state index in [1.807, 2.05) is 6.92 Å². The van der Waals surface area contributed by atoms with Crippen LogP contribution in [0.5, 0.6) is 0 Å². The predicted octanol–water partition coefficient (Wildman–Crippen LogP) is -1.22. The van der Waals surface area contributed by atoms with Gasteiger partial charge in [-0.05, 0) is 6.42 Å². The first-order chi connectivity index (χ1) is 6.87. The molecule has 0 aromatic heterocycles. The van der Waals surface area contributed by atoms with Crippen LogP contribution in [0.3, 0.4) is 0 Å². The van der Waals surface area contributed by atoms with Crippen molar-refractivity contribution >= 4 is 15.9 Å². The van der Waals surface area contributed by atoms with Crippen molar-refractivity contribution in [3.63, 3.8) is 0 Å². The summed E-state index contributed by atoms with van der Waals surface area (Å²) in [6.45, 7) is 2.38. The summed E-state index contributed by atoms with van der Waals surface area (Å²) in [6.07, 6.45) is 2.54. The van der Waals surface area contributed by atoms with Crippen molar-refractivity contribution in [3.8, 4) is 0 Å². The molecule has 0 saturated heterocycles. The lowest BCUT2D eigenvalue weighted by molar-refractivity contribution is -0.122. The summed E-state index contributed by atoms with van der Waals surface area (Å²) in [5.41, 5.74) is 5.55. The van der Waals surface area contributed by atoms with Gasteiger partial charge in [-0.1, -0.05) is 13.3 Å². The van der Waals surface area contributed by atoms with Crippen LogP contribution in [0.25, 0.3) is 0 Å². The topological polar surface area (TPSA) is 101 Å². The zero-order chi connectivity index (χ0) is 11.9. The third-order valence-corrected chi connectivity index (χ3v) is 2.45. The van der Waals surface area contributed by atoms with E-state index in [0.29, 0.717) is 6.42 Å². The fourth-order valence-corrected chi connectivity index (χ4v) is 1.47. The highest BCUT2D eigenvalue weighted by atomic mass is 32.2. The normalized spacial score (nSPS) is 13.5. The molecule has 1 atom stereocenters. The van der Waals surface area contributed by atoms with Crippen LogP contribution in [-0.4, -0.2) is 39.7 Å². The highest BCUT2D eigenvalue weighted by Gasteiger charge is 2.11. The fraction of sp³-hybridized carbons (Fsp3) is 0.875. The van der Waals surface area contributed by atoms with Crippen LogP contribution in [-0.2, 0) is 14.8 Å². The van der Waals surface area contributed by atoms with Gasteiger partial charge in [-0.2, -0.15) is 0 Å². The number of nitrogens with one attached hydrogen (secondary N) is 2. The van der Waals surface area contributed by atoms with Crippen LogP contribution in [0.4, 0.5) is 0 Å². The van der Waals surface area contributed by atoms with Crippen LogP contribution in [0.2, 0.25) is 0 Å². The Morgan fingerprint density at radius 1 is 1.40 bits per heavy atom. The number of rotatable bonds is 7. The number of hydrogen-bond donors (Lipinski definition) is 3. The summed E-state index contributed by atoms with van der Waals surface area (Å²) in [5, 5.41) is 2.55. The van der Waals surface area contributed by atoms with E-state index in [4.69, 9.17) is 5.73 Å². The Kier molecular flexibility index (Phi) is 6.46. The number of sulfonamides is 1. The minimum Gasteiger partial charge on any atom is -0.353 e. The molecular weight excluding hydrogens is 218 g/mol. The van der Waals surface area contributed by atoms with Gasteiger partial charge in [0.15, 0.2) is 0 Å². The van der Waals surface area contributed by atoms with Gasteiger partial charge in [0, 0.05) is 13.1 Å². The van der Waals surface area contributed by atoms with E-state index in [0.717, 1.165) is 12.7 Å². The lowest BCUT2D eigenvalue weighted by Gasteiger charge is -2.10. The molecule has 0 spiro atoms. The molecule has 0 bridgehead atoms. The molecule has 0 aromatic rings. The van der Waals surface area contributed by atoms with Crippen LogP contribution < -0.4 is 15.8 Å². The largest absolute Gasteiger partial charge is 0.353 e. The highest BCUT2D eigenvalue weighted by molar-refractivity contribution is 7.88. The summed E-state index contributed by atoms with van der Waals surface area (Å²) in [5.74, 6) is -0.243. The maximum atomic E-state index is 11.2. The van der Waals surface area contributed by atoms with Crippen molar-refractivity contribution < 1.29 is 13.2 Å². The minimum absolute atomic E-state index is 0.184. The Balaban J connectivity index is 3.64. The molecule has 1 amide bonds. The first-order valence-corrected chi connectivity index (χ1v) is 6.74. The van der Waals surface area contributed by atoms with E-state index in [-0.39, 0.29) is 19.0 Å². The number of carbonyl (C=O) groups is 1. The molecule has 1 unspecified atom stereocenters. The molecule has 0 aromatic carbocycles. The van der Waals surface area contributed by atoms with Crippen LogP contribution in [0.1, 0.15) is 19.8 Å². The van der Waals surface area contributed by atoms with E-state index in [9.17, 15) is 13.2 Å². The summed E-state index contributed by atoms with van der Waals surface area (Å²) in [7, 11) is -3.19. The second-order valence-corrected chi connectivity index (χ2v) is 5.19. The zero-order valence-electron chi connectivity index (χ0n) is 9.12. The Morgan fingerprint density at radius 2 is 2.00 bits per heavy atom. The number of nitrogens with two attached hydrogens (primary N) is 1. The van der Waals surface area contributed by atoms with Gasteiger partial charge < -0.3 is 11.1 Å². The van der Waals surface area contributed by atoms with Gasteiger partial charge in [-0.15, -0.1) is 0 Å². The van der Waals surface area contributed by atoms with Gasteiger partial charge in [0.05, 0.1) is 12.3 Å². The van der Waals surface area contributed by atoms with Crippen LogP contribution in [0, 0.1) is 0 Å². The third kappa shape index (κ3) is 8.34. The molecule has 0 fully saturated rings. The summed E-state index contributed by atoms with van der Waals surface area (Å²) in [4.78, 5) is 11.2. The van der Waals surface area contributed by atoms with Gasteiger partial charge in [0.25, 0.3) is 0 Å². The first kappa shape index (κ1) is 14.3. The standard InChI is InChI=1S/C8H19N3O3S/c1-3-4-7(9)8(12)10-5-6-11-15(2,13)14/h7,11H,3-6,9H2,1-2H3,(H,10,12). The Morgan fingerprint density at radius 3 is 2.47 bits per heavy atom. The second-order valence-electron chi connectivity index (χ2n) is 3.35. The van der Waals surface area contributed by atoms with Crippen molar-refractivity contribution in [1.82, 2.24) is 10.0 Å². The first-order valence-electron chi connectivity index (χ1n) is 4.84. The van der Waals surface area contributed by atoms with Crippen molar-refractivity contribution in [2.24, 2.45) is 5.73 Å². The van der Waals surface area contributed by atoms with E-state index < -0.39 is 16.1 Å². The molecule has 0 heterocycles. The van der Waals surface area contributed by atoms with Crippen molar-refractivity contribution in [3.05, 3.63) is 0 Å². The summed E-state index contributed by atoms with van der Waals surface area (Å²) >= 11 is 0. The van der Waals surface area contributed by atoms with Gasteiger partial charge in [0.2, 0.25) is 15.9 Å². The predicted molar refractivity (Wildman–Crippen MR) is 58.7 cm³/mol. The molecule has 0 aliphatic heterocycles. The molecule has 0 aliphatic carbocycles. The summed E-state index contributed by atoms with van der Waals surface area (Å²) in [6, 6.07) is -0.506. The molecular formula is C8H19N3O3S. The molecule has 0 saturated carbocycles.